The monoisotopic (exact) mass is 129 g/mol. The quantitative estimate of drug-likeness (QED) is 0.479. The van der Waals surface area contributed by atoms with Crippen molar-refractivity contribution in [1.82, 2.24) is 15.5 Å². The van der Waals surface area contributed by atoms with E-state index in [1.807, 2.05) is 0 Å². The fourth-order valence-electron chi connectivity index (χ4n) is 1.00. The highest BCUT2D eigenvalue weighted by molar-refractivity contribution is 4.72. The summed E-state index contributed by atoms with van der Waals surface area (Å²) in [7, 11) is 4.18. The molecule has 0 aromatic rings. The molecular formula is C6H15N3. The van der Waals surface area contributed by atoms with Crippen LogP contribution < -0.4 is 10.6 Å². The lowest BCUT2D eigenvalue weighted by atomic mass is 10.3. The highest BCUT2D eigenvalue weighted by Crippen LogP contribution is 1.88. The van der Waals surface area contributed by atoms with Crippen molar-refractivity contribution >= 4 is 0 Å². The third-order valence-corrected chi connectivity index (χ3v) is 1.64. The van der Waals surface area contributed by atoms with E-state index in [1.54, 1.807) is 0 Å². The van der Waals surface area contributed by atoms with Gasteiger partial charge in [-0.25, -0.2) is 0 Å². The second-order valence-electron chi connectivity index (χ2n) is 2.64. The van der Waals surface area contributed by atoms with Crippen molar-refractivity contribution in [3.8, 4) is 0 Å². The molecule has 1 heterocycles. The molecule has 0 aromatic carbocycles. The first-order chi connectivity index (χ1) is 4.30. The predicted molar refractivity (Wildman–Crippen MR) is 38.3 cm³/mol. The van der Waals surface area contributed by atoms with Crippen LogP contribution in [0.5, 0.6) is 0 Å². The van der Waals surface area contributed by atoms with Gasteiger partial charge < -0.3 is 5.32 Å². The van der Waals surface area contributed by atoms with E-state index in [2.05, 4.69) is 29.6 Å². The molecule has 0 amide bonds. The molecule has 3 nitrogen and oxygen atoms in total. The molecule has 54 valence electrons. The zero-order chi connectivity index (χ0) is 6.69. The maximum Gasteiger partial charge on any atom is 0.0721 e. The fourth-order valence-corrected chi connectivity index (χ4v) is 1.00. The summed E-state index contributed by atoms with van der Waals surface area (Å²) in [5.74, 6) is 0. The van der Waals surface area contributed by atoms with Gasteiger partial charge in [-0.05, 0) is 14.1 Å². The first-order valence-corrected chi connectivity index (χ1v) is 3.41. The summed E-state index contributed by atoms with van der Waals surface area (Å²) in [4.78, 5) is 2.19. The maximum absolute atomic E-state index is 3.38. The van der Waals surface area contributed by atoms with Crippen molar-refractivity contribution < 1.29 is 0 Å². The molecule has 1 rings (SSSR count). The van der Waals surface area contributed by atoms with Crippen LogP contribution in [0.3, 0.4) is 0 Å². The van der Waals surface area contributed by atoms with Gasteiger partial charge in [0, 0.05) is 19.6 Å². The average Bonchev–Trinajstić information content (AvgIpc) is 1.90. The van der Waals surface area contributed by atoms with Crippen LogP contribution in [0.15, 0.2) is 0 Å². The molecule has 3 heteroatoms. The van der Waals surface area contributed by atoms with Crippen molar-refractivity contribution in [1.29, 1.82) is 0 Å². The van der Waals surface area contributed by atoms with E-state index in [0.717, 1.165) is 19.6 Å². The van der Waals surface area contributed by atoms with Gasteiger partial charge >= 0.3 is 0 Å². The molecule has 0 bridgehead atoms. The molecule has 9 heavy (non-hydrogen) atoms. The zero-order valence-corrected chi connectivity index (χ0v) is 6.15. The first kappa shape index (κ1) is 6.99. The predicted octanol–water partition coefficient (Wildman–Crippen LogP) is -0.933. The van der Waals surface area contributed by atoms with Crippen LogP contribution in [0.1, 0.15) is 0 Å². The largest absolute Gasteiger partial charge is 0.313 e. The molecular weight excluding hydrogens is 114 g/mol. The van der Waals surface area contributed by atoms with Crippen LogP contribution in [0.4, 0.5) is 0 Å². The summed E-state index contributed by atoms with van der Waals surface area (Å²) >= 11 is 0. The normalized spacial score (nSPS) is 29.0. The van der Waals surface area contributed by atoms with Crippen LogP contribution >= 0.6 is 0 Å². The Labute approximate surface area is 56.4 Å². The van der Waals surface area contributed by atoms with Gasteiger partial charge in [0.05, 0.1) is 6.17 Å². The lowest BCUT2D eigenvalue weighted by molar-refractivity contribution is 0.218. The Morgan fingerprint density at radius 1 is 1.33 bits per heavy atom. The number of nitrogens with zero attached hydrogens (tertiary/aromatic N) is 1. The Hall–Kier alpha value is -0.120. The molecule has 0 radical (unpaired) electrons. The van der Waals surface area contributed by atoms with Gasteiger partial charge in [-0.3, -0.25) is 10.2 Å². The van der Waals surface area contributed by atoms with Crippen molar-refractivity contribution in [3.63, 3.8) is 0 Å². The number of piperazine rings is 1. The fraction of sp³-hybridized carbons (Fsp3) is 1.00. The molecule has 1 fully saturated rings. The van der Waals surface area contributed by atoms with Crippen molar-refractivity contribution in [2.75, 3.05) is 33.7 Å². The molecule has 0 saturated carbocycles. The Kier molecular flexibility index (Phi) is 2.45. The molecule has 0 spiro atoms. The number of nitrogens with one attached hydrogen (secondary N) is 2. The second-order valence-corrected chi connectivity index (χ2v) is 2.64. The van der Waals surface area contributed by atoms with Crippen LogP contribution in [0.2, 0.25) is 0 Å². The third-order valence-electron chi connectivity index (χ3n) is 1.64. The van der Waals surface area contributed by atoms with E-state index < -0.39 is 0 Å². The van der Waals surface area contributed by atoms with E-state index in [4.69, 9.17) is 0 Å². The van der Waals surface area contributed by atoms with Crippen molar-refractivity contribution in [2.45, 2.75) is 6.17 Å². The van der Waals surface area contributed by atoms with E-state index in [-0.39, 0.29) is 0 Å². The number of hydrogen-bond donors (Lipinski definition) is 2. The minimum Gasteiger partial charge on any atom is -0.313 e. The van der Waals surface area contributed by atoms with Crippen LogP contribution in [-0.4, -0.2) is 44.8 Å². The van der Waals surface area contributed by atoms with E-state index >= 15 is 0 Å². The minimum atomic E-state index is 0.527. The lowest BCUT2D eigenvalue weighted by Gasteiger charge is -2.29. The van der Waals surface area contributed by atoms with Crippen LogP contribution in [-0.2, 0) is 0 Å². The summed E-state index contributed by atoms with van der Waals surface area (Å²) in [6.45, 7) is 3.25. The first-order valence-electron chi connectivity index (χ1n) is 3.41. The van der Waals surface area contributed by atoms with Gasteiger partial charge in [0.15, 0.2) is 0 Å². The summed E-state index contributed by atoms with van der Waals surface area (Å²) in [6, 6.07) is 0. The van der Waals surface area contributed by atoms with E-state index in [0.29, 0.717) is 6.17 Å². The molecule has 1 aliphatic rings. The maximum atomic E-state index is 3.38. The van der Waals surface area contributed by atoms with Gasteiger partial charge in [0.25, 0.3) is 0 Å². The van der Waals surface area contributed by atoms with Gasteiger partial charge in [-0.2, -0.15) is 0 Å². The van der Waals surface area contributed by atoms with E-state index in [9.17, 15) is 0 Å². The SMILES string of the molecule is CN(C)C1CNCCN1. The number of likely N-dealkylation sites (N-methyl/N-ethyl adjacent to an activating group) is 1. The smallest absolute Gasteiger partial charge is 0.0721 e. The molecule has 0 aromatic heterocycles. The highest BCUT2D eigenvalue weighted by atomic mass is 15.3. The van der Waals surface area contributed by atoms with Crippen LogP contribution in [0.25, 0.3) is 0 Å². The third kappa shape index (κ3) is 1.93. The number of hydrogen-bond acceptors (Lipinski definition) is 3. The summed E-state index contributed by atoms with van der Waals surface area (Å²) in [5, 5.41) is 6.69. The Morgan fingerprint density at radius 3 is 2.44 bits per heavy atom. The van der Waals surface area contributed by atoms with E-state index in [1.165, 1.54) is 0 Å². The Bertz CT molecular complexity index is 76.4. The summed E-state index contributed by atoms with van der Waals surface area (Å²) < 4.78 is 0. The molecule has 1 saturated heterocycles. The van der Waals surface area contributed by atoms with Crippen LogP contribution in [0, 0.1) is 0 Å². The molecule has 1 unspecified atom stereocenters. The van der Waals surface area contributed by atoms with Crippen molar-refractivity contribution in [3.05, 3.63) is 0 Å². The van der Waals surface area contributed by atoms with Gasteiger partial charge in [0.2, 0.25) is 0 Å². The second kappa shape index (κ2) is 3.15. The lowest BCUT2D eigenvalue weighted by Crippen LogP contribution is -2.54. The minimum absolute atomic E-state index is 0.527. The Balaban J connectivity index is 2.23. The Morgan fingerprint density at radius 2 is 2.11 bits per heavy atom. The van der Waals surface area contributed by atoms with Gasteiger partial charge in [-0.1, -0.05) is 0 Å². The zero-order valence-electron chi connectivity index (χ0n) is 6.15. The topological polar surface area (TPSA) is 27.3 Å². The highest BCUT2D eigenvalue weighted by Gasteiger charge is 2.12. The molecule has 1 atom stereocenters. The van der Waals surface area contributed by atoms with Gasteiger partial charge in [-0.15, -0.1) is 0 Å². The van der Waals surface area contributed by atoms with Crippen molar-refractivity contribution in [2.24, 2.45) is 0 Å². The molecule has 0 aliphatic carbocycles. The summed E-state index contributed by atoms with van der Waals surface area (Å²) in [6.07, 6.45) is 0.527. The summed E-state index contributed by atoms with van der Waals surface area (Å²) in [5.41, 5.74) is 0. The number of rotatable bonds is 1. The average molecular weight is 129 g/mol. The van der Waals surface area contributed by atoms with Gasteiger partial charge in [0.1, 0.15) is 0 Å². The standard InChI is InChI=1S/C6H15N3/c1-9(2)6-5-7-3-4-8-6/h6-8H,3-5H2,1-2H3. The molecule has 2 N–H and O–H groups in total. The molecule has 1 aliphatic heterocycles.